The molecular weight excluding hydrogens is 278 g/mol. The molecule has 0 radical (unpaired) electrons. The molecule has 0 spiro atoms. The normalized spacial score (nSPS) is 10.8. The molecule has 0 N–H and O–H groups in total. The lowest BCUT2D eigenvalue weighted by Crippen LogP contribution is -1.79. The molecule has 0 aliphatic carbocycles. The zero-order valence-electron chi connectivity index (χ0n) is 9.75. The number of thiophene rings is 1. The molecule has 0 saturated heterocycles. The third-order valence-electron chi connectivity index (χ3n) is 2.73. The van der Waals surface area contributed by atoms with Crippen LogP contribution in [0.2, 0.25) is 0 Å². The van der Waals surface area contributed by atoms with Gasteiger partial charge in [0.25, 0.3) is 0 Å². The first-order valence-electron chi connectivity index (χ1n) is 5.54. The summed E-state index contributed by atoms with van der Waals surface area (Å²) in [7, 11) is 0. The number of thiol groups is 1. The molecule has 0 bridgehead atoms. The van der Waals surface area contributed by atoms with Gasteiger partial charge < -0.3 is 0 Å². The van der Waals surface area contributed by atoms with E-state index in [-0.39, 0.29) is 0 Å². The summed E-state index contributed by atoms with van der Waals surface area (Å²) in [5.41, 5.74) is 2.33. The number of hydrogen-bond acceptors (Lipinski definition) is 4. The Hall–Kier alpha value is -1.10. The molecule has 3 aromatic rings. The average molecular weight is 289 g/mol. The lowest BCUT2D eigenvalue weighted by atomic mass is 10.1. The van der Waals surface area contributed by atoms with Crippen LogP contribution in [0.25, 0.3) is 20.3 Å². The molecule has 3 rings (SSSR count). The van der Waals surface area contributed by atoms with E-state index in [2.05, 4.69) is 60.2 Å². The SMILES string of the molecule is Cc1ccc(-c2ncc(-c3cccs3)s2)cc1S. The Morgan fingerprint density at radius 2 is 2.06 bits per heavy atom. The topological polar surface area (TPSA) is 12.9 Å². The Kier molecular flexibility index (Phi) is 3.24. The van der Waals surface area contributed by atoms with Crippen molar-refractivity contribution in [3.8, 4) is 20.3 Å². The van der Waals surface area contributed by atoms with Crippen molar-refractivity contribution < 1.29 is 0 Å². The molecule has 1 aromatic carbocycles. The lowest BCUT2D eigenvalue weighted by molar-refractivity contribution is 1.30. The minimum absolute atomic E-state index is 1.01. The van der Waals surface area contributed by atoms with Gasteiger partial charge in [0.15, 0.2) is 0 Å². The molecule has 90 valence electrons. The van der Waals surface area contributed by atoms with E-state index >= 15 is 0 Å². The van der Waals surface area contributed by atoms with Crippen molar-refractivity contribution in [2.75, 3.05) is 0 Å². The monoisotopic (exact) mass is 289 g/mol. The van der Waals surface area contributed by atoms with E-state index in [0.29, 0.717) is 0 Å². The molecular formula is C14H11NS3. The minimum Gasteiger partial charge on any atom is -0.244 e. The molecule has 2 heterocycles. The highest BCUT2D eigenvalue weighted by molar-refractivity contribution is 7.80. The standard InChI is InChI=1S/C14H11NS3/c1-9-4-5-10(7-11(9)16)14-15-8-13(18-14)12-3-2-6-17-12/h2-8,16H,1H3. The molecule has 0 atom stereocenters. The predicted octanol–water partition coefficient (Wildman–Crippen LogP) is 5.14. The van der Waals surface area contributed by atoms with Crippen molar-refractivity contribution in [2.24, 2.45) is 0 Å². The molecule has 1 nitrogen and oxygen atoms in total. The predicted molar refractivity (Wildman–Crippen MR) is 82.9 cm³/mol. The number of rotatable bonds is 2. The van der Waals surface area contributed by atoms with Crippen LogP contribution in [0.1, 0.15) is 5.56 Å². The molecule has 0 fully saturated rings. The summed E-state index contributed by atoms with van der Waals surface area (Å²) in [5.74, 6) is 0. The van der Waals surface area contributed by atoms with Crippen molar-refractivity contribution in [3.63, 3.8) is 0 Å². The molecule has 0 saturated carbocycles. The van der Waals surface area contributed by atoms with Crippen molar-refractivity contribution in [3.05, 3.63) is 47.5 Å². The third kappa shape index (κ3) is 2.23. The Balaban J connectivity index is 2.00. The summed E-state index contributed by atoms with van der Waals surface area (Å²) in [4.78, 5) is 8.02. The van der Waals surface area contributed by atoms with Gasteiger partial charge in [-0.25, -0.2) is 4.98 Å². The molecule has 0 aliphatic rings. The van der Waals surface area contributed by atoms with E-state index in [4.69, 9.17) is 0 Å². The van der Waals surface area contributed by atoms with E-state index in [1.54, 1.807) is 22.7 Å². The van der Waals surface area contributed by atoms with E-state index in [9.17, 15) is 0 Å². The van der Waals surface area contributed by atoms with Gasteiger partial charge in [-0.3, -0.25) is 0 Å². The van der Waals surface area contributed by atoms with Crippen LogP contribution in [0.4, 0.5) is 0 Å². The van der Waals surface area contributed by atoms with Crippen molar-refractivity contribution in [1.82, 2.24) is 4.98 Å². The van der Waals surface area contributed by atoms with E-state index in [0.717, 1.165) is 15.5 Å². The second-order valence-electron chi connectivity index (χ2n) is 4.01. The highest BCUT2D eigenvalue weighted by atomic mass is 32.1. The number of aryl methyl sites for hydroxylation is 1. The Bertz CT molecular complexity index is 668. The molecule has 18 heavy (non-hydrogen) atoms. The van der Waals surface area contributed by atoms with Crippen LogP contribution in [0, 0.1) is 6.92 Å². The summed E-state index contributed by atoms with van der Waals surface area (Å²) < 4.78 is 0. The summed E-state index contributed by atoms with van der Waals surface area (Å²) in [6, 6.07) is 10.5. The fourth-order valence-corrected chi connectivity index (χ4v) is 3.63. The first-order chi connectivity index (χ1) is 8.74. The van der Waals surface area contributed by atoms with Crippen LogP contribution >= 0.6 is 35.3 Å². The summed E-state index contributed by atoms with van der Waals surface area (Å²) in [6.07, 6.45) is 1.95. The van der Waals surface area contributed by atoms with Gasteiger partial charge in [-0.2, -0.15) is 0 Å². The number of hydrogen-bond donors (Lipinski definition) is 1. The van der Waals surface area contributed by atoms with Gasteiger partial charge in [-0.15, -0.1) is 35.3 Å². The maximum Gasteiger partial charge on any atom is 0.123 e. The van der Waals surface area contributed by atoms with Gasteiger partial charge in [-0.05, 0) is 30.0 Å². The number of nitrogens with zero attached hydrogens (tertiary/aromatic N) is 1. The fourth-order valence-electron chi connectivity index (χ4n) is 1.68. The first-order valence-corrected chi connectivity index (χ1v) is 7.68. The zero-order valence-corrected chi connectivity index (χ0v) is 12.3. The second-order valence-corrected chi connectivity index (χ2v) is 6.47. The van der Waals surface area contributed by atoms with Gasteiger partial charge in [0.05, 0.1) is 4.88 Å². The van der Waals surface area contributed by atoms with Crippen LogP contribution in [0.5, 0.6) is 0 Å². The number of aromatic nitrogens is 1. The quantitative estimate of drug-likeness (QED) is 0.645. The van der Waals surface area contributed by atoms with Crippen molar-refractivity contribution in [1.29, 1.82) is 0 Å². The molecule has 4 heteroatoms. The zero-order chi connectivity index (χ0) is 12.5. The summed E-state index contributed by atoms with van der Waals surface area (Å²) in [6.45, 7) is 2.06. The number of thiazole rings is 1. The van der Waals surface area contributed by atoms with Gasteiger partial charge in [0, 0.05) is 21.5 Å². The molecule has 0 aliphatic heterocycles. The molecule has 0 amide bonds. The summed E-state index contributed by atoms with van der Waals surface area (Å²) >= 11 is 7.93. The third-order valence-corrected chi connectivity index (χ3v) is 5.32. The second kappa shape index (κ2) is 4.88. The van der Waals surface area contributed by atoms with Crippen LogP contribution in [-0.2, 0) is 0 Å². The van der Waals surface area contributed by atoms with E-state index in [1.807, 2.05) is 6.20 Å². The van der Waals surface area contributed by atoms with Crippen molar-refractivity contribution >= 4 is 35.3 Å². The number of benzene rings is 1. The van der Waals surface area contributed by atoms with Crippen molar-refractivity contribution in [2.45, 2.75) is 11.8 Å². The first kappa shape index (κ1) is 12.0. The fraction of sp³-hybridized carbons (Fsp3) is 0.0714. The maximum absolute atomic E-state index is 4.50. The van der Waals surface area contributed by atoms with Crippen LogP contribution in [-0.4, -0.2) is 4.98 Å². The smallest absolute Gasteiger partial charge is 0.123 e. The lowest BCUT2D eigenvalue weighted by Gasteiger charge is -2.01. The molecule has 0 unspecified atom stereocenters. The Morgan fingerprint density at radius 3 is 2.78 bits per heavy atom. The molecule has 2 aromatic heterocycles. The van der Waals surface area contributed by atoms with Crippen LogP contribution in [0.15, 0.2) is 46.8 Å². The maximum atomic E-state index is 4.50. The minimum atomic E-state index is 1.01. The van der Waals surface area contributed by atoms with Gasteiger partial charge in [0.1, 0.15) is 5.01 Å². The Labute approximate surface area is 120 Å². The van der Waals surface area contributed by atoms with Gasteiger partial charge >= 0.3 is 0 Å². The van der Waals surface area contributed by atoms with Crippen LogP contribution < -0.4 is 0 Å². The van der Waals surface area contributed by atoms with Gasteiger partial charge in [-0.1, -0.05) is 18.2 Å². The van der Waals surface area contributed by atoms with Crippen LogP contribution in [0.3, 0.4) is 0 Å². The Morgan fingerprint density at radius 1 is 1.17 bits per heavy atom. The highest BCUT2D eigenvalue weighted by Gasteiger charge is 2.08. The highest BCUT2D eigenvalue weighted by Crippen LogP contribution is 2.35. The summed E-state index contributed by atoms with van der Waals surface area (Å²) in [5, 5.41) is 3.14. The van der Waals surface area contributed by atoms with Gasteiger partial charge in [0.2, 0.25) is 0 Å². The van der Waals surface area contributed by atoms with E-state index in [1.165, 1.54) is 15.3 Å². The average Bonchev–Trinajstić information content (AvgIpc) is 3.01. The van der Waals surface area contributed by atoms with E-state index < -0.39 is 0 Å². The largest absolute Gasteiger partial charge is 0.244 e.